The van der Waals surface area contributed by atoms with Crippen molar-refractivity contribution >= 4 is 50.6 Å². The number of hydrogen-bond acceptors (Lipinski definition) is 3. The highest BCUT2D eigenvalue weighted by atomic mass is 32.1. The molecule has 0 fully saturated rings. The number of rotatable bonds is 2. The van der Waals surface area contributed by atoms with Gasteiger partial charge in [0.05, 0.1) is 33.7 Å². The summed E-state index contributed by atoms with van der Waals surface area (Å²) in [6.45, 7) is 2.59. The summed E-state index contributed by atoms with van der Waals surface area (Å²) in [7, 11) is 0. The molecule has 122 valence electrons. The largest absolute Gasteiger partial charge is 0.494 e. The minimum absolute atomic E-state index is 0.622. The molecule has 0 bridgehead atoms. The third kappa shape index (κ3) is 2.07. The molecular formula is C21H15NO2S. The molecule has 3 aromatic heterocycles. The highest BCUT2D eigenvalue weighted by Gasteiger charge is 2.12. The van der Waals surface area contributed by atoms with Crippen molar-refractivity contribution in [3.05, 3.63) is 65.3 Å². The van der Waals surface area contributed by atoms with E-state index >= 15 is 0 Å². The molecular weight excluding hydrogens is 330 g/mol. The fourth-order valence-corrected chi connectivity index (χ4v) is 3.84. The van der Waals surface area contributed by atoms with E-state index in [1.54, 1.807) is 0 Å². The molecule has 0 atom stereocenters. The van der Waals surface area contributed by atoms with Crippen LogP contribution in [-0.2, 0) is 0 Å². The zero-order valence-electron chi connectivity index (χ0n) is 13.7. The van der Waals surface area contributed by atoms with Gasteiger partial charge in [-0.25, -0.2) is 0 Å². The SMILES string of the molecule is CCOc1ccc2c(=S)c3c(cn4c5ccccc5ccc34)oc2c1. The number of benzene rings is 2. The van der Waals surface area contributed by atoms with E-state index in [9.17, 15) is 0 Å². The number of fused-ring (bicyclic) bond motifs is 6. The van der Waals surface area contributed by atoms with Gasteiger partial charge < -0.3 is 13.6 Å². The second-order valence-corrected chi connectivity index (χ2v) is 6.45. The van der Waals surface area contributed by atoms with Crippen LogP contribution in [0.2, 0.25) is 0 Å². The van der Waals surface area contributed by atoms with Gasteiger partial charge in [-0.3, -0.25) is 0 Å². The molecule has 0 saturated carbocycles. The Kier molecular flexibility index (Phi) is 3.09. The van der Waals surface area contributed by atoms with Crippen molar-refractivity contribution in [1.82, 2.24) is 4.40 Å². The maximum absolute atomic E-state index is 6.18. The molecule has 0 saturated heterocycles. The summed E-state index contributed by atoms with van der Waals surface area (Å²) in [6.07, 6.45) is 2.02. The van der Waals surface area contributed by atoms with Gasteiger partial charge in [-0.2, -0.15) is 0 Å². The van der Waals surface area contributed by atoms with Crippen LogP contribution in [0.1, 0.15) is 6.92 Å². The predicted molar refractivity (Wildman–Crippen MR) is 104 cm³/mol. The van der Waals surface area contributed by atoms with Gasteiger partial charge in [0, 0.05) is 11.5 Å². The second kappa shape index (κ2) is 5.33. The average molecular weight is 345 g/mol. The van der Waals surface area contributed by atoms with Crippen LogP contribution < -0.4 is 4.74 Å². The van der Waals surface area contributed by atoms with Crippen molar-refractivity contribution < 1.29 is 9.15 Å². The molecule has 3 nitrogen and oxygen atoms in total. The van der Waals surface area contributed by atoms with Crippen molar-refractivity contribution in [2.24, 2.45) is 0 Å². The molecule has 5 aromatic rings. The smallest absolute Gasteiger partial charge is 0.154 e. The molecule has 0 aliphatic carbocycles. The summed E-state index contributed by atoms with van der Waals surface area (Å²) in [5, 5.41) is 3.11. The van der Waals surface area contributed by atoms with E-state index in [4.69, 9.17) is 21.4 Å². The third-order valence-electron chi connectivity index (χ3n) is 4.58. The normalized spacial score (nSPS) is 11.7. The number of hydrogen-bond donors (Lipinski definition) is 0. The molecule has 25 heavy (non-hydrogen) atoms. The summed E-state index contributed by atoms with van der Waals surface area (Å²) < 4.78 is 14.7. The summed E-state index contributed by atoms with van der Waals surface area (Å²) in [5.74, 6) is 0.793. The van der Waals surface area contributed by atoms with Crippen molar-refractivity contribution in [2.75, 3.05) is 6.61 Å². The first-order chi connectivity index (χ1) is 12.3. The van der Waals surface area contributed by atoms with E-state index in [0.717, 1.165) is 43.2 Å². The van der Waals surface area contributed by atoms with Gasteiger partial charge in [-0.15, -0.1) is 0 Å². The monoisotopic (exact) mass is 345 g/mol. The molecule has 0 aliphatic heterocycles. The Morgan fingerprint density at radius 1 is 1.00 bits per heavy atom. The van der Waals surface area contributed by atoms with Crippen LogP contribution in [0.4, 0.5) is 0 Å². The highest BCUT2D eigenvalue weighted by molar-refractivity contribution is 7.72. The fourth-order valence-electron chi connectivity index (χ4n) is 3.47. The van der Waals surface area contributed by atoms with Crippen molar-refractivity contribution in [2.45, 2.75) is 6.92 Å². The van der Waals surface area contributed by atoms with E-state index < -0.39 is 0 Å². The van der Waals surface area contributed by atoms with Crippen molar-refractivity contribution in [3.63, 3.8) is 0 Å². The van der Waals surface area contributed by atoms with Crippen LogP contribution >= 0.6 is 12.2 Å². The van der Waals surface area contributed by atoms with Crippen LogP contribution in [0, 0.1) is 4.51 Å². The minimum Gasteiger partial charge on any atom is -0.494 e. The van der Waals surface area contributed by atoms with Gasteiger partial charge in [0.25, 0.3) is 0 Å². The number of pyridine rings is 1. The Morgan fingerprint density at radius 2 is 1.88 bits per heavy atom. The summed E-state index contributed by atoms with van der Waals surface area (Å²) in [4.78, 5) is 0. The quantitative estimate of drug-likeness (QED) is 0.361. The zero-order valence-corrected chi connectivity index (χ0v) is 14.5. The van der Waals surface area contributed by atoms with Gasteiger partial charge in [-0.05, 0) is 36.6 Å². The third-order valence-corrected chi connectivity index (χ3v) is 5.01. The Bertz CT molecular complexity index is 1330. The van der Waals surface area contributed by atoms with Gasteiger partial charge in [-0.1, -0.05) is 36.5 Å². The van der Waals surface area contributed by atoms with Gasteiger partial charge in [0.2, 0.25) is 0 Å². The summed E-state index contributed by atoms with van der Waals surface area (Å²) in [5.41, 5.74) is 3.75. The lowest BCUT2D eigenvalue weighted by Gasteiger charge is -2.05. The van der Waals surface area contributed by atoms with Crippen LogP contribution in [0.5, 0.6) is 5.75 Å². The Hall–Kier alpha value is -2.85. The predicted octanol–water partition coefficient (Wildman–Crippen LogP) is 6.12. The molecule has 0 unspecified atom stereocenters. The molecule has 0 aliphatic rings. The molecule has 4 heteroatoms. The van der Waals surface area contributed by atoms with E-state index in [1.165, 1.54) is 5.39 Å². The van der Waals surface area contributed by atoms with Crippen molar-refractivity contribution in [1.29, 1.82) is 0 Å². The molecule has 5 rings (SSSR count). The topological polar surface area (TPSA) is 26.8 Å². The van der Waals surface area contributed by atoms with Gasteiger partial charge in [0.1, 0.15) is 11.3 Å². The Labute approximate surface area is 149 Å². The number of aromatic nitrogens is 1. The van der Waals surface area contributed by atoms with Crippen LogP contribution in [-0.4, -0.2) is 11.0 Å². The Balaban J connectivity index is 1.94. The first-order valence-electron chi connectivity index (χ1n) is 8.28. The molecule has 2 aromatic carbocycles. The van der Waals surface area contributed by atoms with Gasteiger partial charge in [0.15, 0.2) is 5.58 Å². The van der Waals surface area contributed by atoms with Crippen LogP contribution in [0.25, 0.3) is 38.4 Å². The van der Waals surface area contributed by atoms with E-state index in [1.807, 2.05) is 43.5 Å². The maximum atomic E-state index is 6.18. The first-order valence-corrected chi connectivity index (χ1v) is 8.69. The first kappa shape index (κ1) is 14.5. The number of nitrogens with zero attached hydrogens (tertiary/aromatic N) is 1. The highest BCUT2D eigenvalue weighted by Crippen LogP contribution is 2.33. The molecule has 0 N–H and O–H groups in total. The van der Waals surface area contributed by atoms with E-state index in [0.29, 0.717) is 6.61 Å². The Morgan fingerprint density at radius 3 is 2.76 bits per heavy atom. The number of ether oxygens (including phenoxy) is 1. The second-order valence-electron chi connectivity index (χ2n) is 6.04. The van der Waals surface area contributed by atoms with Crippen LogP contribution in [0.15, 0.2) is 65.2 Å². The van der Waals surface area contributed by atoms with Crippen LogP contribution in [0.3, 0.4) is 0 Å². The van der Waals surface area contributed by atoms with Gasteiger partial charge >= 0.3 is 0 Å². The number of para-hydroxylation sites is 1. The maximum Gasteiger partial charge on any atom is 0.154 e. The summed E-state index contributed by atoms with van der Waals surface area (Å²) >= 11 is 5.79. The fraction of sp³-hybridized carbons (Fsp3) is 0.0952. The molecule has 0 spiro atoms. The minimum atomic E-state index is 0.622. The average Bonchev–Trinajstić information content (AvgIpc) is 3.01. The zero-order chi connectivity index (χ0) is 17.0. The standard InChI is InChI=1S/C21H15NO2S/c1-2-23-14-8-9-15-18(11-14)24-19-12-22-16-6-4-3-5-13(16)7-10-17(22)20(19)21(15)25/h3-12H,2H2,1H3. The molecule has 0 radical (unpaired) electrons. The van der Waals surface area contributed by atoms with E-state index in [-0.39, 0.29) is 0 Å². The lowest BCUT2D eigenvalue weighted by Crippen LogP contribution is -1.90. The molecule has 3 heterocycles. The lowest BCUT2D eigenvalue weighted by molar-refractivity contribution is 0.340. The van der Waals surface area contributed by atoms with Crippen molar-refractivity contribution in [3.8, 4) is 5.75 Å². The van der Waals surface area contributed by atoms with E-state index in [2.05, 4.69) is 28.7 Å². The summed E-state index contributed by atoms with van der Waals surface area (Å²) in [6, 6.07) is 18.4. The molecule has 0 amide bonds. The lowest BCUT2D eigenvalue weighted by atomic mass is 10.1.